The molecule has 3 aliphatic rings. The number of ether oxygens (including phenoxy) is 1. The van der Waals surface area contributed by atoms with Crippen LogP contribution in [0.3, 0.4) is 0 Å². The Labute approximate surface area is 157 Å². The molecule has 0 amide bonds. The number of benzene rings is 1. The minimum atomic E-state index is -0.445. The number of piperazine rings is 1. The monoisotopic (exact) mass is 388 g/mol. The van der Waals surface area contributed by atoms with Crippen molar-refractivity contribution < 1.29 is 4.74 Å². The zero-order valence-corrected chi connectivity index (χ0v) is 15.8. The Balaban J connectivity index is 0.00000104. The van der Waals surface area contributed by atoms with Crippen molar-refractivity contribution in [2.45, 2.75) is 17.7 Å². The second-order valence-corrected chi connectivity index (χ2v) is 6.91. The highest BCUT2D eigenvalue weighted by Gasteiger charge is 2.28. The summed E-state index contributed by atoms with van der Waals surface area (Å²) in [7, 11) is -0.445. The minimum Gasteiger partial charge on any atom is -0.488 e. The molecule has 1 atom stereocenters. The van der Waals surface area contributed by atoms with Gasteiger partial charge in [0.05, 0.1) is 23.2 Å². The lowest BCUT2D eigenvalue weighted by molar-refractivity contribution is 0.192. The normalized spacial score (nSPS) is 22.9. The number of allylic oxidation sites excluding steroid dienone is 1. The highest BCUT2D eigenvalue weighted by Crippen LogP contribution is 2.29. The van der Waals surface area contributed by atoms with Crippen LogP contribution in [0.1, 0.15) is 12.8 Å². The summed E-state index contributed by atoms with van der Waals surface area (Å²) in [6, 6.07) is 10.4. The van der Waals surface area contributed by atoms with Gasteiger partial charge in [0.2, 0.25) is 0 Å². The van der Waals surface area contributed by atoms with Crippen LogP contribution >= 0.6 is 24.8 Å². The number of rotatable bonds is 2. The van der Waals surface area contributed by atoms with E-state index in [-0.39, 0.29) is 24.8 Å². The van der Waals surface area contributed by atoms with E-state index in [0.29, 0.717) is 0 Å². The maximum atomic E-state index is 5.93. The molecule has 0 saturated carbocycles. The molecule has 4 rings (SSSR count). The van der Waals surface area contributed by atoms with Crippen molar-refractivity contribution in [2.75, 3.05) is 32.8 Å². The summed E-state index contributed by atoms with van der Waals surface area (Å²) in [5.41, 5.74) is 1.10. The van der Waals surface area contributed by atoms with Gasteiger partial charge in [-0.3, -0.25) is 0 Å². The van der Waals surface area contributed by atoms with Crippen molar-refractivity contribution >= 4 is 41.4 Å². The molecule has 1 N–H and O–H groups in total. The van der Waals surface area contributed by atoms with E-state index in [1.165, 1.54) is 4.90 Å². The van der Waals surface area contributed by atoms with Crippen LogP contribution in [0.2, 0.25) is 0 Å². The molecule has 0 radical (unpaired) electrons. The lowest BCUT2D eigenvalue weighted by Gasteiger charge is -2.33. The molecule has 1 aromatic carbocycles. The second-order valence-electron chi connectivity index (χ2n) is 5.55. The summed E-state index contributed by atoms with van der Waals surface area (Å²) in [6.07, 6.45) is 2.04. The van der Waals surface area contributed by atoms with E-state index in [0.717, 1.165) is 62.9 Å². The average molecular weight is 389 g/mol. The lowest BCUT2D eigenvalue weighted by Crippen LogP contribution is -2.44. The van der Waals surface area contributed by atoms with E-state index in [1.54, 1.807) is 0 Å². The van der Waals surface area contributed by atoms with Crippen LogP contribution in [0.15, 0.2) is 55.6 Å². The molecule has 0 bridgehead atoms. The molecule has 1 aromatic rings. The summed E-state index contributed by atoms with van der Waals surface area (Å²) in [5.74, 6) is 1.94. The Kier molecular flexibility index (Phi) is 7.10. The van der Waals surface area contributed by atoms with Crippen LogP contribution in [0.25, 0.3) is 0 Å². The van der Waals surface area contributed by atoms with E-state index < -0.39 is 10.9 Å². The van der Waals surface area contributed by atoms with Gasteiger partial charge in [-0.2, -0.15) is 4.36 Å². The van der Waals surface area contributed by atoms with E-state index in [2.05, 4.69) is 34.5 Å². The highest BCUT2D eigenvalue weighted by molar-refractivity contribution is 7.86. The van der Waals surface area contributed by atoms with Gasteiger partial charge in [0, 0.05) is 31.1 Å². The number of nitrogens with zero attached hydrogens (tertiary/aromatic N) is 3. The van der Waals surface area contributed by atoms with Crippen LogP contribution in [-0.2, 0) is 15.6 Å². The highest BCUT2D eigenvalue weighted by atomic mass is 35.5. The third kappa shape index (κ3) is 3.94. The Morgan fingerprint density at radius 1 is 1.08 bits per heavy atom. The van der Waals surface area contributed by atoms with Gasteiger partial charge in [-0.05, 0) is 25.0 Å². The predicted octanol–water partition coefficient (Wildman–Crippen LogP) is 2.95. The first-order chi connectivity index (χ1) is 10.9. The Morgan fingerprint density at radius 3 is 2.58 bits per heavy atom. The van der Waals surface area contributed by atoms with Crippen molar-refractivity contribution in [3.05, 3.63) is 41.9 Å². The van der Waals surface area contributed by atoms with Gasteiger partial charge >= 0.3 is 0 Å². The van der Waals surface area contributed by atoms with Crippen LogP contribution in [0.5, 0.6) is 0 Å². The Bertz CT molecular complexity index is 657. The van der Waals surface area contributed by atoms with Crippen molar-refractivity contribution in [2.24, 2.45) is 8.76 Å². The van der Waals surface area contributed by atoms with E-state index in [1.807, 2.05) is 6.07 Å². The molecule has 5 nitrogen and oxygen atoms in total. The van der Waals surface area contributed by atoms with E-state index in [4.69, 9.17) is 13.5 Å². The number of fused-ring (bicyclic) bond motifs is 1. The quantitative estimate of drug-likeness (QED) is 0.846. The first kappa shape index (κ1) is 19.2. The molecule has 0 aliphatic carbocycles. The van der Waals surface area contributed by atoms with E-state index >= 15 is 0 Å². The summed E-state index contributed by atoms with van der Waals surface area (Å²) in [6.45, 7) is 4.73. The topological polar surface area (TPSA) is 49.2 Å². The number of halogens is 2. The van der Waals surface area contributed by atoms with Gasteiger partial charge in [-0.1, -0.05) is 18.2 Å². The molecule has 0 aromatic heterocycles. The SMILES string of the molecule is Cl.Cl.c1ccc(S2=NC(N3CCNCC3)=C3OCCCC3=N2)cc1. The summed E-state index contributed by atoms with van der Waals surface area (Å²) in [4.78, 5) is 3.52. The molecular formula is C16H22Cl2N4OS. The number of nitrogens with one attached hydrogen (secondary N) is 1. The fourth-order valence-corrected chi connectivity index (χ4v) is 4.26. The van der Waals surface area contributed by atoms with Crippen LogP contribution < -0.4 is 5.32 Å². The lowest BCUT2D eigenvalue weighted by atomic mass is 10.1. The molecular weight excluding hydrogens is 367 g/mol. The first-order valence-electron chi connectivity index (χ1n) is 7.84. The summed E-state index contributed by atoms with van der Waals surface area (Å²) < 4.78 is 15.8. The van der Waals surface area contributed by atoms with Crippen LogP contribution in [0.4, 0.5) is 0 Å². The zero-order chi connectivity index (χ0) is 14.8. The van der Waals surface area contributed by atoms with Gasteiger partial charge in [0.15, 0.2) is 11.6 Å². The van der Waals surface area contributed by atoms with Gasteiger partial charge in [0.25, 0.3) is 0 Å². The van der Waals surface area contributed by atoms with Crippen molar-refractivity contribution in [3.8, 4) is 0 Å². The first-order valence-corrected chi connectivity index (χ1v) is 8.98. The summed E-state index contributed by atoms with van der Waals surface area (Å²) >= 11 is 0. The van der Waals surface area contributed by atoms with Gasteiger partial charge in [0.1, 0.15) is 0 Å². The van der Waals surface area contributed by atoms with Crippen molar-refractivity contribution in [1.29, 1.82) is 0 Å². The molecule has 3 aliphatic heterocycles. The average Bonchev–Trinajstić information content (AvgIpc) is 2.62. The minimum absolute atomic E-state index is 0. The largest absolute Gasteiger partial charge is 0.488 e. The molecule has 24 heavy (non-hydrogen) atoms. The maximum Gasteiger partial charge on any atom is 0.184 e. The van der Waals surface area contributed by atoms with Crippen LogP contribution in [0, 0.1) is 0 Å². The van der Waals surface area contributed by atoms with Gasteiger partial charge in [-0.15, -0.1) is 24.8 Å². The fraction of sp³-hybridized carbons (Fsp3) is 0.438. The Hall–Kier alpha value is -1.08. The zero-order valence-electron chi connectivity index (χ0n) is 13.3. The van der Waals surface area contributed by atoms with Crippen LogP contribution in [-0.4, -0.2) is 43.4 Å². The van der Waals surface area contributed by atoms with Gasteiger partial charge in [-0.25, -0.2) is 4.40 Å². The predicted molar refractivity (Wildman–Crippen MR) is 103 cm³/mol. The fourth-order valence-electron chi connectivity index (χ4n) is 2.87. The van der Waals surface area contributed by atoms with Crippen molar-refractivity contribution in [1.82, 2.24) is 10.2 Å². The molecule has 2 fully saturated rings. The summed E-state index contributed by atoms with van der Waals surface area (Å²) in [5, 5.41) is 3.39. The maximum absolute atomic E-state index is 5.93. The van der Waals surface area contributed by atoms with Crippen molar-refractivity contribution in [3.63, 3.8) is 0 Å². The van der Waals surface area contributed by atoms with Gasteiger partial charge < -0.3 is 15.0 Å². The number of hydrogen-bond donors (Lipinski definition) is 1. The Morgan fingerprint density at radius 2 is 1.83 bits per heavy atom. The molecule has 1 unspecified atom stereocenters. The van der Waals surface area contributed by atoms with E-state index in [9.17, 15) is 0 Å². The molecule has 3 heterocycles. The molecule has 2 saturated heterocycles. The number of hydrogen-bond acceptors (Lipinski definition) is 5. The third-order valence-corrected chi connectivity index (χ3v) is 5.44. The molecule has 132 valence electrons. The molecule has 8 heteroatoms. The third-order valence-electron chi connectivity index (χ3n) is 4.01. The standard InChI is InChI=1S/C16H20N4OS.2ClH/c1-2-5-13(6-3-1)22-18-14-7-4-12-21-15(14)16(19-22)20-10-8-17-9-11-20;;/h1-3,5-6,17H,4,7-12H2;2*1H. The smallest absolute Gasteiger partial charge is 0.184 e. The second kappa shape index (κ2) is 8.85. The molecule has 0 spiro atoms.